The minimum Gasteiger partial charge on any atom is -0.379 e. The molecule has 1 unspecified atom stereocenters. The number of ether oxygens (including phenoxy) is 1. The van der Waals surface area contributed by atoms with E-state index in [0.717, 1.165) is 39.4 Å². The molecule has 1 atom stereocenters. The molecule has 0 spiro atoms. The van der Waals surface area contributed by atoms with E-state index >= 15 is 0 Å². The fraction of sp³-hybridized carbons (Fsp3) is 0.500. The highest BCUT2D eigenvalue weighted by molar-refractivity contribution is 5.63. The van der Waals surface area contributed by atoms with Gasteiger partial charge in [0.25, 0.3) is 0 Å². The number of nitrogens with one attached hydrogen (secondary N) is 1. The first-order valence-electron chi connectivity index (χ1n) is 10.5. The van der Waals surface area contributed by atoms with Gasteiger partial charge in [-0.15, -0.1) is 0 Å². The first kappa shape index (κ1) is 18.7. The molecule has 1 saturated carbocycles. The van der Waals surface area contributed by atoms with Gasteiger partial charge in [-0.25, -0.2) is 0 Å². The minimum atomic E-state index is 0.306. The molecule has 144 valence electrons. The van der Waals surface area contributed by atoms with E-state index in [9.17, 15) is 0 Å². The summed E-state index contributed by atoms with van der Waals surface area (Å²) in [5, 5.41) is 3.83. The van der Waals surface area contributed by atoms with Gasteiger partial charge in [-0.3, -0.25) is 4.90 Å². The van der Waals surface area contributed by atoms with Crippen molar-refractivity contribution in [3.8, 4) is 11.1 Å². The molecule has 2 aromatic rings. The summed E-state index contributed by atoms with van der Waals surface area (Å²) in [6.07, 6.45) is 3.93. The molecule has 0 bridgehead atoms. The van der Waals surface area contributed by atoms with Crippen molar-refractivity contribution in [1.82, 2.24) is 10.2 Å². The molecule has 1 aliphatic heterocycles. The van der Waals surface area contributed by atoms with Gasteiger partial charge >= 0.3 is 0 Å². The van der Waals surface area contributed by atoms with E-state index in [1.165, 1.54) is 36.0 Å². The first-order valence-corrected chi connectivity index (χ1v) is 10.5. The van der Waals surface area contributed by atoms with Gasteiger partial charge in [0.2, 0.25) is 0 Å². The van der Waals surface area contributed by atoms with Crippen molar-refractivity contribution in [2.45, 2.75) is 37.6 Å². The van der Waals surface area contributed by atoms with Gasteiger partial charge < -0.3 is 10.1 Å². The summed E-state index contributed by atoms with van der Waals surface area (Å²) in [6.45, 7) is 8.47. The van der Waals surface area contributed by atoms with Crippen molar-refractivity contribution in [3.63, 3.8) is 0 Å². The van der Waals surface area contributed by atoms with Gasteiger partial charge in [-0.05, 0) is 36.5 Å². The number of rotatable bonds is 7. The number of benzene rings is 2. The molecule has 0 aromatic heterocycles. The summed E-state index contributed by atoms with van der Waals surface area (Å²) in [7, 11) is 0. The largest absolute Gasteiger partial charge is 0.379 e. The van der Waals surface area contributed by atoms with Gasteiger partial charge in [0, 0.05) is 37.6 Å². The third-order valence-corrected chi connectivity index (χ3v) is 6.62. The summed E-state index contributed by atoms with van der Waals surface area (Å²) < 4.78 is 5.45. The van der Waals surface area contributed by atoms with Gasteiger partial charge in [0.05, 0.1) is 13.2 Å². The Labute approximate surface area is 163 Å². The quantitative estimate of drug-likeness (QED) is 0.801. The van der Waals surface area contributed by atoms with Gasteiger partial charge in [-0.2, -0.15) is 0 Å². The average Bonchev–Trinajstić information content (AvgIpc) is 2.69. The maximum atomic E-state index is 5.45. The van der Waals surface area contributed by atoms with E-state index in [1.807, 2.05) is 0 Å². The molecular weight excluding hydrogens is 332 g/mol. The Bertz CT molecular complexity index is 703. The predicted molar refractivity (Wildman–Crippen MR) is 112 cm³/mol. The predicted octanol–water partition coefficient (Wildman–Crippen LogP) is 4.09. The normalized spacial score (nSPS) is 20.8. The topological polar surface area (TPSA) is 24.5 Å². The summed E-state index contributed by atoms with van der Waals surface area (Å²) in [5.41, 5.74) is 4.41. The number of morpholine rings is 1. The monoisotopic (exact) mass is 364 g/mol. The van der Waals surface area contributed by atoms with E-state index in [4.69, 9.17) is 4.74 Å². The molecule has 1 saturated heterocycles. The van der Waals surface area contributed by atoms with Gasteiger partial charge in [0.1, 0.15) is 0 Å². The Kier molecular flexibility index (Phi) is 5.92. The molecule has 1 heterocycles. The van der Waals surface area contributed by atoms with Crippen LogP contribution in [0, 0.1) is 0 Å². The molecule has 3 nitrogen and oxygen atoms in total. The lowest BCUT2D eigenvalue weighted by Gasteiger charge is -2.48. The lowest BCUT2D eigenvalue weighted by Crippen LogP contribution is -2.52. The van der Waals surface area contributed by atoms with Crippen LogP contribution in [-0.2, 0) is 10.2 Å². The zero-order chi connectivity index (χ0) is 18.5. The molecule has 2 fully saturated rings. The lowest BCUT2D eigenvalue weighted by atomic mass is 9.60. The Morgan fingerprint density at radius 2 is 1.63 bits per heavy atom. The van der Waals surface area contributed by atoms with Crippen LogP contribution in [0.1, 0.15) is 31.7 Å². The molecule has 1 aliphatic carbocycles. The lowest BCUT2D eigenvalue weighted by molar-refractivity contribution is 0.0374. The van der Waals surface area contributed by atoms with Crippen molar-refractivity contribution in [2.24, 2.45) is 0 Å². The third kappa shape index (κ3) is 4.11. The molecule has 0 amide bonds. The Morgan fingerprint density at radius 1 is 0.963 bits per heavy atom. The fourth-order valence-electron chi connectivity index (χ4n) is 4.61. The number of hydrogen-bond acceptors (Lipinski definition) is 3. The molecule has 2 aliphatic rings. The molecule has 4 rings (SSSR count). The maximum Gasteiger partial charge on any atom is 0.0594 e. The first-order chi connectivity index (χ1) is 13.3. The zero-order valence-corrected chi connectivity index (χ0v) is 16.5. The van der Waals surface area contributed by atoms with Crippen molar-refractivity contribution in [3.05, 3.63) is 60.2 Å². The average molecular weight is 365 g/mol. The van der Waals surface area contributed by atoms with Crippen LogP contribution in [-0.4, -0.2) is 50.3 Å². The van der Waals surface area contributed by atoms with Crippen LogP contribution in [0.25, 0.3) is 11.1 Å². The van der Waals surface area contributed by atoms with Crippen LogP contribution >= 0.6 is 0 Å². The van der Waals surface area contributed by atoms with Crippen molar-refractivity contribution in [1.29, 1.82) is 0 Å². The molecule has 1 N–H and O–H groups in total. The fourth-order valence-corrected chi connectivity index (χ4v) is 4.61. The van der Waals surface area contributed by atoms with E-state index in [1.54, 1.807) is 0 Å². The van der Waals surface area contributed by atoms with Crippen LogP contribution in [0.3, 0.4) is 0 Å². The summed E-state index contributed by atoms with van der Waals surface area (Å²) in [6, 6.07) is 20.5. The van der Waals surface area contributed by atoms with Crippen LogP contribution in [0.2, 0.25) is 0 Å². The van der Waals surface area contributed by atoms with Crippen LogP contribution in [0.5, 0.6) is 0 Å². The second kappa shape index (κ2) is 8.55. The van der Waals surface area contributed by atoms with Gasteiger partial charge in [-0.1, -0.05) is 61.0 Å². The van der Waals surface area contributed by atoms with Crippen molar-refractivity contribution >= 4 is 0 Å². The standard InChI is InChI=1S/C24H32N2O/c1-20(25-14-15-26-16-18-27-19-17-26)24(12-5-13-24)23-10-8-22(9-11-23)21-6-3-2-4-7-21/h2-4,6-11,20,25H,5,12-19H2,1H3. The maximum absolute atomic E-state index is 5.45. The number of nitrogens with zero attached hydrogens (tertiary/aromatic N) is 1. The Hall–Kier alpha value is -1.68. The summed E-state index contributed by atoms with van der Waals surface area (Å²) in [4.78, 5) is 2.51. The SMILES string of the molecule is CC(NCCN1CCOCC1)C1(c2ccc(-c3ccccc3)cc2)CCC1. The highest BCUT2D eigenvalue weighted by atomic mass is 16.5. The van der Waals surface area contributed by atoms with E-state index in [-0.39, 0.29) is 0 Å². The third-order valence-electron chi connectivity index (χ3n) is 6.62. The van der Waals surface area contributed by atoms with Crippen LogP contribution < -0.4 is 5.32 Å². The summed E-state index contributed by atoms with van der Waals surface area (Å²) >= 11 is 0. The molecule has 27 heavy (non-hydrogen) atoms. The molecule has 0 radical (unpaired) electrons. The highest BCUT2D eigenvalue weighted by Gasteiger charge is 2.43. The summed E-state index contributed by atoms with van der Waals surface area (Å²) in [5.74, 6) is 0. The Morgan fingerprint density at radius 3 is 2.26 bits per heavy atom. The molecular formula is C24H32N2O. The van der Waals surface area contributed by atoms with Crippen LogP contribution in [0.4, 0.5) is 0 Å². The Balaban J connectivity index is 1.39. The van der Waals surface area contributed by atoms with E-state index < -0.39 is 0 Å². The van der Waals surface area contributed by atoms with Crippen molar-refractivity contribution in [2.75, 3.05) is 39.4 Å². The molecule has 2 aromatic carbocycles. The zero-order valence-electron chi connectivity index (χ0n) is 16.5. The van der Waals surface area contributed by atoms with Crippen molar-refractivity contribution < 1.29 is 4.74 Å². The van der Waals surface area contributed by atoms with E-state index in [2.05, 4.69) is 71.7 Å². The smallest absolute Gasteiger partial charge is 0.0594 e. The highest BCUT2D eigenvalue weighted by Crippen LogP contribution is 2.46. The second-order valence-electron chi connectivity index (χ2n) is 8.08. The minimum absolute atomic E-state index is 0.306. The number of hydrogen-bond donors (Lipinski definition) is 1. The molecule has 3 heteroatoms. The second-order valence-corrected chi connectivity index (χ2v) is 8.08. The van der Waals surface area contributed by atoms with Crippen LogP contribution in [0.15, 0.2) is 54.6 Å². The van der Waals surface area contributed by atoms with Gasteiger partial charge in [0.15, 0.2) is 0 Å². The van der Waals surface area contributed by atoms with E-state index in [0.29, 0.717) is 11.5 Å².